The van der Waals surface area contributed by atoms with Gasteiger partial charge in [0.25, 0.3) is 0 Å². The van der Waals surface area contributed by atoms with E-state index in [2.05, 4.69) is 54.1 Å². The number of fused-ring (bicyclic) bond motifs is 1. The summed E-state index contributed by atoms with van der Waals surface area (Å²) in [7, 11) is 0. The molecule has 18 heavy (non-hydrogen) atoms. The zero-order chi connectivity index (χ0) is 12.6. The van der Waals surface area contributed by atoms with Gasteiger partial charge < -0.3 is 0 Å². The average Bonchev–Trinajstić information content (AvgIpc) is 2.43. The summed E-state index contributed by atoms with van der Waals surface area (Å²) >= 11 is 2.03. The van der Waals surface area contributed by atoms with E-state index < -0.39 is 0 Å². The van der Waals surface area contributed by atoms with E-state index >= 15 is 0 Å². The van der Waals surface area contributed by atoms with E-state index in [1.165, 1.54) is 42.3 Å². The summed E-state index contributed by atoms with van der Waals surface area (Å²) in [5.74, 6) is 2.34. The summed E-state index contributed by atoms with van der Waals surface area (Å²) < 4.78 is 2.35. The van der Waals surface area contributed by atoms with Crippen LogP contribution in [-0.2, 0) is 5.88 Å². The second-order valence-corrected chi connectivity index (χ2v) is 5.71. The minimum absolute atomic E-state index is 1.06. The third kappa shape index (κ3) is 3.74. The molecule has 0 aliphatic heterocycles. The average molecular weight is 260 g/mol. The third-order valence-electron chi connectivity index (χ3n) is 3.16. The Morgan fingerprint density at radius 2 is 1.83 bits per heavy atom. The molecule has 1 nitrogen and oxygen atoms in total. The first-order chi connectivity index (χ1) is 8.92. The number of rotatable bonds is 7. The van der Waals surface area contributed by atoms with Crippen molar-refractivity contribution in [3.05, 3.63) is 42.6 Å². The Kier molecular flexibility index (Phi) is 5.53. The zero-order valence-corrected chi connectivity index (χ0v) is 12.0. The largest absolute Gasteiger partial charge is 0.213 e. The van der Waals surface area contributed by atoms with Crippen molar-refractivity contribution in [1.82, 2.24) is 0 Å². The first-order valence-corrected chi connectivity index (χ1v) is 8.02. The summed E-state index contributed by atoms with van der Waals surface area (Å²) in [6.07, 6.45) is 7.61. The monoisotopic (exact) mass is 260 g/mol. The minimum Gasteiger partial charge on any atom is -0.189 e. The maximum Gasteiger partial charge on any atom is 0.213 e. The number of aromatic nitrogens is 1. The predicted molar refractivity (Wildman–Crippen MR) is 80.7 cm³/mol. The van der Waals surface area contributed by atoms with E-state index in [0.717, 1.165) is 5.88 Å². The van der Waals surface area contributed by atoms with Gasteiger partial charge in [-0.3, -0.25) is 0 Å². The first kappa shape index (κ1) is 13.4. The van der Waals surface area contributed by atoms with Crippen molar-refractivity contribution < 1.29 is 4.57 Å². The van der Waals surface area contributed by atoms with E-state index in [1.807, 2.05) is 11.8 Å². The summed E-state index contributed by atoms with van der Waals surface area (Å²) in [5.41, 5.74) is 1.33. The van der Waals surface area contributed by atoms with Crippen LogP contribution in [0.3, 0.4) is 0 Å². The standard InChI is InChI=1S/C16H22NS/c1-2-3-4-7-13-18-14-17-12-8-10-15-9-5-6-11-16(15)17/h5-6,8-12H,2-4,7,13-14H2,1H3/q+1. The molecule has 96 valence electrons. The highest BCUT2D eigenvalue weighted by molar-refractivity contribution is 7.98. The fraction of sp³-hybridized carbons (Fsp3) is 0.438. The number of para-hydroxylation sites is 1. The van der Waals surface area contributed by atoms with Crippen molar-refractivity contribution in [2.24, 2.45) is 0 Å². The van der Waals surface area contributed by atoms with Crippen LogP contribution in [0.15, 0.2) is 42.6 Å². The molecule has 2 aromatic rings. The van der Waals surface area contributed by atoms with Gasteiger partial charge in [-0.05, 0) is 24.3 Å². The highest BCUT2D eigenvalue weighted by Gasteiger charge is 2.06. The molecule has 0 saturated carbocycles. The Morgan fingerprint density at radius 3 is 2.72 bits per heavy atom. The molecule has 1 heterocycles. The van der Waals surface area contributed by atoms with Crippen molar-refractivity contribution in [3.63, 3.8) is 0 Å². The molecule has 0 aliphatic rings. The Morgan fingerprint density at radius 1 is 1.00 bits per heavy atom. The lowest BCUT2D eigenvalue weighted by Gasteiger charge is -2.01. The van der Waals surface area contributed by atoms with E-state index in [9.17, 15) is 0 Å². The van der Waals surface area contributed by atoms with Gasteiger partial charge in [-0.1, -0.05) is 50.1 Å². The molecule has 1 aromatic heterocycles. The number of thioether (sulfide) groups is 1. The Bertz CT molecular complexity index is 476. The van der Waals surface area contributed by atoms with Crippen molar-refractivity contribution >= 4 is 22.7 Å². The maximum atomic E-state index is 2.35. The van der Waals surface area contributed by atoms with Crippen molar-refractivity contribution in [1.29, 1.82) is 0 Å². The normalized spacial score (nSPS) is 10.9. The Hall–Kier alpha value is -1.02. The summed E-state index contributed by atoms with van der Waals surface area (Å²) in [5, 5.41) is 1.33. The second-order valence-electron chi connectivity index (χ2n) is 4.63. The molecule has 0 spiro atoms. The van der Waals surface area contributed by atoms with Gasteiger partial charge >= 0.3 is 0 Å². The number of nitrogens with zero attached hydrogens (tertiary/aromatic N) is 1. The van der Waals surface area contributed by atoms with Gasteiger partial charge in [0.15, 0.2) is 12.1 Å². The topological polar surface area (TPSA) is 3.88 Å². The number of pyridine rings is 1. The maximum absolute atomic E-state index is 2.35. The Balaban J connectivity index is 1.88. The van der Waals surface area contributed by atoms with E-state index in [4.69, 9.17) is 0 Å². The molecule has 2 rings (SSSR count). The van der Waals surface area contributed by atoms with E-state index in [0.29, 0.717) is 0 Å². The van der Waals surface area contributed by atoms with Crippen LogP contribution in [-0.4, -0.2) is 5.75 Å². The molecule has 0 amide bonds. The Labute approximate surface area is 114 Å². The molecule has 2 heteroatoms. The lowest BCUT2D eigenvalue weighted by Crippen LogP contribution is -2.32. The van der Waals surface area contributed by atoms with Crippen LogP contribution in [0, 0.1) is 0 Å². The van der Waals surface area contributed by atoms with Gasteiger partial charge in [0, 0.05) is 17.5 Å². The number of unbranched alkanes of at least 4 members (excludes halogenated alkanes) is 3. The molecule has 0 bridgehead atoms. The van der Waals surface area contributed by atoms with Gasteiger partial charge in [0.1, 0.15) is 0 Å². The quantitative estimate of drug-likeness (QED) is 0.527. The third-order valence-corrected chi connectivity index (χ3v) is 4.20. The molecule has 0 aliphatic carbocycles. The fourth-order valence-electron chi connectivity index (χ4n) is 2.13. The molecule has 0 radical (unpaired) electrons. The van der Waals surface area contributed by atoms with Crippen LogP contribution in [0.1, 0.15) is 32.6 Å². The van der Waals surface area contributed by atoms with E-state index in [1.54, 1.807) is 0 Å². The molecule has 0 saturated heterocycles. The molecular formula is C16H22NS+. The smallest absolute Gasteiger partial charge is 0.189 e. The summed E-state index contributed by atoms with van der Waals surface area (Å²) in [6, 6.07) is 12.9. The van der Waals surface area contributed by atoms with Crippen molar-refractivity contribution in [2.75, 3.05) is 5.75 Å². The van der Waals surface area contributed by atoms with Crippen LogP contribution < -0.4 is 4.57 Å². The fourth-order valence-corrected chi connectivity index (χ4v) is 3.09. The van der Waals surface area contributed by atoms with Crippen LogP contribution >= 0.6 is 11.8 Å². The van der Waals surface area contributed by atoms with Gasteiger partial charge in [-0.2, -0.15) is 4.57 Å². The first-order valence-electron chi connectivity index (χ1n) is 6.87. The van der Waals surface area contributed by atoms with Crippen molar-refractivity contribution in [2.45, 2.75) is 38.5 Å². The van der Waals surface area contributed by atoms with Crippen LogP contribution in [0.2, 0.25) is 0 Å². The molecule has 0 unspecified atom stereocenters. The van der Waals surface area contributed by atoms with Gasteiger partial charge in [-0.25, -0.2) is 0 Å². The van der Waals surface area contributed by atoms with Crippen LogP contribution in [0.25, 0.3) is 10.9 Å². The lowest BCUT2D eigenvalue weighted by atomic mass is 10.2. The van der Waals surface area contributed by atoms with Gasteiger partial charge in [0.05, 0.1) is 0 Å². The molecular weight excluding hydrogens is 238 g/mol. The van der Waals surface area contributed by atoms with Crippen LogP contribution in [0.5, 0.6) is 0 Å². The lowest BCUT2D eigenvalue weighted by molar-refractivity contribution is -0.649. The second kappa shape index (κ2) is 7.42. The van der Waals surface area contributed by atoms with Gasteiger partial charge in [0.2, 0.25) is 5.52 Å². The van der Waals surface area contributed by atoms with Crippen molar-refractivity contribution in [3.8, 4) is 0 Å². The highest BCUT2D eigenvalue weighted by atomic mass is 32.2. The summed E-state index contributed by atoms with van der Waals surface area (Å²) in [6.45, 7) is 2.26. The minimum atomic E-state index is 1.06. The zero-order valence-electron chi connectivity index (χ0n) is 11.1. The number of benzene rings is 1. The molecule has 0 atom stereocenters. The van der Waals surface area contributed by atoms with Crippen LogP contribution in [0.4, 0.5) is 0 Å². The number of hydrogen-bond acceptors (Lipinski definition) is 1. The molecule has 0 N–H and O–H groups in total. The predicted octanol–water partition coefficient (Wildman–Crippen LogP) is 4.40. The summed E-state index contributed by atoms with van der Waals surface area (Å²) in [4.78, 5) is 0. The number of hydrogen-bond donors (Lipinski definition) is 0. The van der Waals surface area contributed by atoms with E-state index in [-0.39, 0.29) is 0 Å². The SMILES string of the molecule is CCCCCCSC[n+]1cccc2ccccc21. The highest BCUT2D eigenvalue weighted by Crippen LogP contribution is 2.11. The molecule has 0 fully saturated rings. The molecule has 1 aromatic carbocycles. The van der Waals surface area contributed by atoms with Gasteiger partial charge in [-0.15, -0.1) is 0 Å².